The number of nitrogens with zero attached hydrogens (tertiary/aromatic N) is 1. The third kappa shape index (κ3) is 4.71. The molecule has 0 aliphatic carbocycles. The number of carbonyl (C=O) groups is 2. The topological polar surface area (TPSA) is 111 Å². The van der Waals surface area contributed by atoms with Crippen molar-refractivity contribution in [1.29, 1.82) is 0 Å². The Morgan fingerprint density at radius 2 is 2.04 bits per heavy atom. The van der Waals surface area contributed by atoms with E-state index in [-0.39, 0.29) is 16.4 Å². The summed E-state index contributed by atoms with van der Waals surface area (Å²) < 4.78 is 19.7. The van der Waals surface area contributed by atoms with Crippen molar-refractivity contribution in [3.8, 4) is 0 Å². The highest BCUT2D eigenvalue weighted by atomic mass is 35.5. The van der Waals surface area contributed by atoms with E-state index < -0.39 is 30.0 Å². The van der Waals surface area contributed by atoms with Crippen LogP contribution in [-0.4, -0.2) is 60.7 Å². The van der Waals surface area contributed by atoms with Crippen LogP contribution in [0.4, 0.5) is 20.6 Å². The van der Waals surface area contributed by atoms with Crippen molar-refractivity contribution in [3.05, 3.63) is 23.0 Å². The maximum atomic E-state index is 14.5. The third-order valence-corrected chi connectivity index (χ3v) is 3.99. The lowest BCUT2D eigenvalue weighted by atomic mass is 10.1. The SMILES string of the molecule is CC(O)(CNC(=O)Nc1ccc(Cl)c(F)c1N1CCOCC1)C(=O)O. The van der Waals surface area contributed by atoms with Crippen molar-refractivity contribution in [1.82, 2.24) is 5.32 Å². The number of carboxylic acids is 1. The minimum absolute atomic E-state index is 0.0822. The van der Waals surface area contributed by atoms with Crippen LogP contribution in [0.5, 0.6) is 0 Å². The number of carbonyl (C=O) groups excluding carboxylic acids is 1. The number of aliphatic carboxylic acids is 1. The summed E-state index contributed by atoms with van der Waals surface area (Å²) in [7, 11) is 0. The van der Waals surface area contributed by atoms with Gasteiger partial charge in [0.2, 0.25) is 0 Å². The predicted molar refractivity (Wildman–Crippen MR) is 89.7 cm³/mol. The van der Waals surface area contributed by atoms with Crippen molar-refractivity contribution in [2.45, 2.75) is 12.5 Å². The maximum absolute atomic E-state index is 14.5. The second kappa shape index (κ2) is 7.85. The van der Waals surface area contributed by atoms with Gasteiger partial charge in [-0.3, -0.25) is 0 Å². The number of rotatable bonds is 5. The van der Waals surface area contributed by atoms with E-state index in [0.29, 0.717) is 26.3 Å². The van der Waals surface area contributed by atoms with Crippen molar-refractivity contribution in [3.63, 3.8) is 0 Å². The zero-order valence-corrected chi connectivity index (χ0v) is 14.3. The fraction of sp³-hybridized carbons (Fsp3) is 0.467. The van der Waals surface area contributed by atoms with E-state index in [4.69, 9.17) is 21.4 Å². The molecule has 1 aliphatic heterocycles. The first kappa shape index (κ1) is 19.2. The molecule has 1 heterocycles. The molecule has 25 heavy (non-hydrogen) atoms. The zero-order chi connectivity index (χ0) is 18.6. The highest BCUT2D eigenvalue weighted by Gasteiger charge is 2.30. The first-order valence-electron chi connectivity index (χ1n) is 7.53. The fourth-order valence-electron chi connectivity index (χ4n) is 2.23. The summed E-state index contributed by atoms with van der Waals surface area (Å²) in [5, 5.41) is 23.0. The van der Waals surface area contributed by atoms with Gasteiger partial charge in [0.1, 0.15) is 0 Å². The van der Waals surface area contributed by atoms with E-state index in [9.17, 15) is 19.1 Å². The number of ether oxygens (including phenoxy) is 1. The molecule has 0 aromatic heterocycles. The smallest absolute Gasteiger partial charge is 0.337 e. The number of hydrogen-bond donors (Lipinski definition) is 4. The molecule has 0 saturated carbocycles. The number of anilines is 2. The Morgan fingerprint density at radius 3 is 2.64 bits per heavy atom. The van der Waals surface area contributed by atoms with E-state index in [0.717, 1.165) is 6.92 Å². The molecular formula is C15H19ClFN3O5. The summed E-state index contributed by atoms with van der Waals surface area (Å²) >= 11 is 5.84. The average Bonchev–Trinajstić information content (AvgIpc) is 2.57. The zero-order valence-electron chi connectivity index (χ0n) is 13.5. The minimum atomic E-state index is -2.12. The van der Waals surface area contributed by atoms with E-state index >= 15 is 0 Å². The first-order chi connectivity index (χ1) is 11.7. The minimum Gasteiger partial charge on any atom is -0.479 e. The number of morpholine rings is 1. The summed E-state index contributed by atoms with van der Waals surface area (Å²) in [6.45, 7) is 2.23. The molecule has 4 N–H and O–H groups in total. The van der Waals surface area contributed by atoms with Gasteiger partial charge in [0.15, 0.2) is 11.4 Å². The maximum Gasteiger partial charge on any atom is 0.337 e. The largest absolute Gasteiger partial charge is 0.479 e. The van der Waals surface area contributed by atoms with Crippen molar-refractivity contribution >= 4 is 35.0 Å². The Labute approximate surface area is 148 Å². The van der Waals surface area contributed by atoms with Gasteiger partial charge in [-0.15, -0.1) is 0 Å². The van der Waals surface area contributed by atoms with Crippen LogP contribution in [0.2, 0.25) is 5.02 Å². The van der Waals surface area contributed by atoms with Crippen molar-refractivity contribution in [2.75, 3.05) is 43.1 Å². The van der Waals surface area contributed by atoms with Crippen molar-refractivity contribution < 1.29 is 28.9 Å². The van der Waals surface area contributed by atoms with Crippen LogP contribution in [0.15, 0.2) is 12.1 Å². The second-order valence-corrected chi connectivity index (χ2v) is 6.15. The molecule has 1 atom stereocenters. The van der Waals surface area contributed by atoms with Crippen LogP contribution in [0.25, 0.3) is 0 Å². The lowest BCUT2D eigenvalue weighted by Gasteiger charge is -2.31. The van der Waals surface area contributed by atoms with Gasteiger partial charge < -0.3 is 30.5 Å². The fourth-order valence-corrected chi connectivity index (χ4v) is 2.38. The van der Waals surface area contributed by atoms with Crippen LogP contribution in [0.1, 0.15) is 6.92 Å². The number of hydrogen-bond acceptors (Lipinski definition) is 5. The molecule has 10 heteroatoms. The predicted octanol–water partition coefficient (Wildman–Crippen LogP) is 1.27. The lowest BCUT2D eigenvalue weighted by Crippen LogP contribution is -2.47. The Balaban J connectivity index is 2.14. The first-order valence-corrected chi connectivity index (χ1v) is 7.91. The molecule has 0 bridgehead atoms. The third-order valence-electron chi connectivity index (χ3n) is 3.70. The van der Waals surface area contributed by atoms with E-state index in [1.54, 1.807) is 4.90 Å². The number of benzene rings is 1. The highest BCUT2D eigenvalue weighted by Crippen LogP contribution is 2.34. The van der Waals surface area contributed by atoms with Crippen LogP contribution >= 0.6 is 11.6 Å². The summed E-state index contributed by atoms with van der Waals surface area (Å²) in [6.07, 6.45) is 0. The summed E-state index contributed by atoms with van der Waals surface area (Å²) in [5.74, 6) is -2.14. The van der Waals surface area contributed by atoms with E-state index in [1.165, 1.54) is 12.1 Å². The number of halogens is 2. The van der Waals surface area contributed by atoms with Gasteiger partial charge in [0, 0.05) is 13.1 Å². The van der Waals surface area contributed by atoms with Gasteiger partial charge in [-0.05, 0) is 19.1 Å². The van der Waals surface area contributed by atoms with Gasteiger partial charge in [-0.1, -0.05) is 11.6 Å². The second-order valence-electron chi connectivity index (χ2n) is 5.74. The van der Waals surface area contributed by atoms with Gasteiger partial charge in [-0.2, -0.15) is 0 Å². The molecule has 2 rings (SSSR count). The number of amides is 2. The molecule has 1 aliphatic rings. The van der Waals surface area contributed by atoms with E-state index in [2.05, 4.69) is 10.6 Å². The van der Waals surface area contributed by atoms with E-state index in [1.807, 2.05) is 0 Å². The monoisotopic (exact) mass is 375 g/mol. The Hall–Kier alpha value is -2.10. The Kier molecular flexibility index (Phi) is 6.04. The van der Waals surface area contributed by atoms with Crippen LogP contribution < -0.4 is 15.5 Å². The Bertz CT molecular complexity index is 665. The average molecular weight is 376 g/mol. The highest BCUT2D eigenvalue weighted by molar-refractivity contribution is 6.31. The Morgan fingerprint density at radius 1 is 1.40 bits per heavy atom. The van der Waals surface area contributed by atoms with Gasteiger partial charge in [0.05, 0.1) is 36.2 Å². The summed E-state index contributed by atoms with van der Waals surface area (Å²) in [5.41, 5.74) is -1.80. The molecule has 1 unspecified atom stereocenters. The molecule has 0 spiro atoms. The summed E-state index contributed by atoms with van der Waals surface area (Å²) in [6, 6.07) is 1.98. The number of carboxylic acid groups (broad SMARTS) is 1. The van der Waals surface area contributed by atoms with Crippen molar-refractivity contribution in [2.24, 2.45) is 0 Å². The van der Waals surface area contributed by atoms with Gasteiger partial charge in [-0.25, -0.2) is 14.0 Å². The molecule has 1 fully saturated rings. The molecule has 8 nitrogen and oxygen atoms in total. The van der Waals surface area contributed by atoms with Crippen LogP contribution in [0.3, 0.4) is 0 Å². The molecule has 2 amide bonds. The van der Waals surface area contributed by atoms with Gasteiger partial charge >= 0.3 is 12.0 Å². The molecule has 1 aromatic carbocycles. The molecular weight excluding hydrogens is 357 g/mol. The molecule has 1 saturated heterocycles. The quantitative estimate of drug-likeness (QED) is 0.617. The normalized spacial score (nSPS) is 16.9. The molecule has 1 aromatic rings. The molecule has 138 valence electrons. The number of aliphatic hydroxyl groups is 1. The number of urea groups is 1. The molecule has 0 radical (unpaired) electrons. The van der Waals surface area contributed by atoms with Gasteiger partial charge in [0.25, 0.3) is 0 Å². The van der Waals surface area contributed by atoms with Crippen LogP contribution in [-0.2, 0) is 9.53 Å². The number of nitrogens with one attached hydrogen (secondary N) is 2. The van der Waals surface area contributed by atoms with Crippen LogP contribution in [0, 0.1) is 5.82 Å². The lowest BCUT2D eigenvalue weighted by molar-refractivity contribution is -0.155. The summed E-state index contributed by atoms with van der Waals surface area (Å²) in [4.78, 5) is 24.5. The standard InChI is InChI=1S/C15H19ClFN3O5/c1-15(24,13(21)22)8-18-14(23)19-10-3-2-9(16)11(17)12(10)20-4-6-25-7-5-20/h2-3,24H,4-8H2,1H3,(H,21,22)(H2,18,19,23).